The highest BCUT2D eigenvalue weighted by atomic mass is 32.1. The molecule has 2 nitrogen and oxygen atoms in total. The number of nitrogens with zero attached hydrogens (tertiary/aromatic N) is 1. The maximum Gasteiger partial charge on any atom is 0.143 e. The molecule has 0 N–H and O–H groups in total. The highest BCUT2D eigenvalue weighted by Crippen LogP contribution is 2.51. The van der Waals surface area contributed by atoms with Gasteiger partial charge in [-0.1, -0.05) is 159 Å². The van der Waals surface area contributed by atoms with Crippen LogP contribution in [0.4, 0.5) is 17.1 Å². The van der Waals surface area contributed by atoms with E-state index in [2.05, 4.69) is 201 Å². The van der Waals surface area contributed by atoms with E-state index in [1.165, 1.54) is 65.0 Å². The number of hydrogen-bond acceptors (Lipinski definition) is 3. The summed E-state index contributed by atoms with van der Waals surface area (Å²) in [6, 6.07) is 64.5. The van der Waals surface area contributed by atoms with Gasteiger partial charge >= 0.3 is 0 Å². The lowest BCUT2D eigenvalue weighted by Gasteiger charge is -2.28. The van der Waals surface area contributed by atoms with E-state index in [-0.39, 0.29) is 5.41 Å². The van der Waals surface area contributed by atoms with Crippen LogP contribution >= 0.6 is 11.3 Å². The quantitative estimate of drug-likeness (QED) is 0.167. The van der Waals surface area contributed by atoms with Crippen LogP contribution in [0.1, 0.15) is 41.8 Å². The van der Waals surface area contributed by atoms with Crippen molar-refractivity contribution in [3.63, 3.8) is 0 Å². The average Bonchev–Trinajstić information content (AvgIpc) is 3.95. The highest BCUT2D eigenvalue weighted by Gasteiger charge is 2.35. The Morgan fingerprint density at radius 1 is 0.517 bits per heavy atom. The van der Waals surface area contributed by atoms with Gasteiger partial charge in [-0.25, -0.2) is 0 Å². The molecule has 0 atom stereocenters. The molecule has 0 saturated heterocycles. The fourth-order valence-electron chi connectivity index (χ4n) is 9.98. The predicted molar refractivity (Wildman–Crippen MR) is 255 cm³/mol. The van der Waals surface area contributed by atoms with E-state index in [0.29, 0.717) is 0 Å². The normalized spacial score (nSPS) is 13.8. The minimum Gasteiger partial charge on any atom is -0.455 e. The van der Waals surface area contributed by atoms with Gasteiger partial charge in [0.05, 0.1) is 0 Å². The van der Waals surface area contributed by atoms with Crippen LogP contribution in [0.25, 0.3) is 82.6 Å². The van der Waals surface area contributed by atoms with Crippen molar-refractivity contribution in [2.24, 2.45) is 0 Å². The van der Waals surface area contributed by atoms with Gasteiger partial charge in [0.1, 0.15) is 11.2 Å². The van der Waals surface area contributed by atoms with E-state index in [9.17, 15) is 0 Å². The van der Waals surface area contributed by atoms with Crippen LogP contribution in [-0.4, -0.2) is 0 Å². The van der Waals surface area contributed by atoms with Crippen molar-refractivity contribution in [1.82, 2.24) is 0 Å². The van der Waals surface area contributed by atoms with E-state index in [1.807, 2.05) is 17.4 Å². The lowest BCUT2D eigenvalue weighted by atomic mass is 9.82. The number of furan rings is 1. The van der Waals surface area contributed by atoms with E-state index >= 15 is 0 Å². The summed E-state index contributed by atoms with van der Waals surface area (Å²) in [5, 5.41) is 3.64. The number of hydrogen-bond donors (Lipinski definition) is 0. The van der Waals surface area contributed by atoms with Crippen LogP contribution in [0.15, 0.2) is 186 Å². The Kier molecular flexibility index (Phi) is 7.92. The summed E-state index contributed by atoms with van der Waals surface area (Å²) in [6.45, 7) is 4.71. The molecule has 0 bridgehead atoms. The monoisotopic (exact) mass is 787 g/mol. The summed E-state index contributed by atoms with van der Waals surface area (Å²) in [7, 11) is 0. The van der Waals surface area contributed by atoms with Gasteiger partial charge in [-0.15, -0.1) is 11.3 Å². The molecule has 2 heterocycles. The topological polar surface area (TPSA) is 16.4 Å². The number of rotatable bonds is 6. The number of para-hydroxylation sites is 2. The number of aryl methyl sites for hydroxylation is 1. The zero-order valence-electron chi connectivity index (χ0n) is 33.6. The Labute approximate surface area is 354 Å². The third-order valence-electron chi connectivity index (χ3n) is 13.0. The molecule has 10 aromatic rings. The van der Waals surface area contributed by atoms with E-state index in [0.717, 1.165) is 63.0 Å². The smallest absolute Gasteiger partial charge is 0.143 e. The summed E-state index contributed by atoms with van der Waals surface area (Å²) in [4.78, 5) is 3.91. The summed E-state index contributed by atoms with van der Waals surface area (Å²) in [5.74, 6) is 0. The lowest BCUT2D eigenvalue weighted by Crippen LogP contribution is -2.16. The van der Waals surface area contributed by atoms with E-state index in [1.54, 1.807) is 0 Å². The van der Waals surface area contributed by atoms with Crippen molar-refractivity contribution >= 4 is 66.5 Å². The van der Waals surface area contributed by atoms with Gasteiger partial charge in [-0.3, -0.25) is 0 Å². The number of fused-ring (bicyclic) bond motifs is 9. The number of thiophene rings is 1. The van der Waals surface area contributed by atoms with Crippen LogP contribution in [0.2, 0.25) is 0 Å². The summed E-state index contributed by atoms with van der Waals surface area (Å²) < 4.78 is 7.84. The lowest BCUT2D eigenvalue weighted by molar-refractivity contribution is 0.660. The van der Waals surface area contributed by atoms with Crippen molar-refractivity contribution in [3.05, 3.63) is 204 Å². The largest absolute Gasteiger partial charge is 0.455 e. The molecule has 2 aromatic heterocycles. The van der Waals surface area contributed by atoms with E-state index in [4.69, 9.17) is 4.42 Å². The van der Waals surface area contributed by atoms with Gasteiger partial charge in [0.15, 0.2) is 0 Å². The summed E-state index contributed by atoms with van der Waals surface area (Å²) in [6.07, 6.45) is 6.88. The third kappa shape index (κ3) is 5.39. The molecule has 286 valence electrons. The molecule has 3 heteroatoms. The second-order valence-electron chi connectivity index (χ2n) is 16.7. The Hall–Kier alpha value is -6.94. The molecule has 2 aliphatic carbocycles. The second-order valence-corrected chi connectivity index (χ2v) is 17.8. The average molecular weight is 788 g/mol. The van der Waals surface area contributed by atoms with Crippen LogP contribution in [0.3, 0.4) is 0 Å². The Morgan fingerprint density at radius 3 is 1.98 bits per heavy atom. The molecular weight excluding hydrogens is 747 g/mol. The van der Waals surface area contributed by atoms with Gasteiger partial charge < -0.3 is 9.32 Å². The van der Waals surface area contributed by atoms with Crippen molar-refractivity contribution in [3.8, 4) is 44.5 Å². The highest BCUT2D eigenvalue weighted by molar-refractivity contribution is 7.20. The first-order valence-corrected chi connectivity index (χ1v) is 21.8. The maximum atomic E-state index is 6.46. The first kappa shape index (κ1) is 35.0. The maximum absolute atomic E-state index is 6.46. The first-order chi connectivity index (χ1) is 29.5. The molecule has 12 rings (SSSR count). The summed E-state index contributed by atoms with van der Waals surface area (Å²) >= 11 is 1.97. The molecule has 0 amide bonds. The van der Waals surface area contributed by atoms with Crippen LogP contribution < -0.4 is 4.90 Å². The zero-order chi connectivity index (χ0) is 40.0. The van der Waals surface area contributed by atoms with Gasteiger partial charge in [0.25, 0.3) is 0 Å². The molecule has 0 radical (unpaired) electrons. The van der Waals surface area contributed by atoms with Crippen molar-refractivity contribution < 1.29 is 4.42 Å². The molecule has 0 aliphatic heterocycles. The minimum absolute atomic E-state index is 0.115. The molecule has 0 spiro atoms. The molecule has 60 heavy (non-hydrogen) atoms. The third-order valence-corrected chi connectivity index (χ3v) is 14.3. The number of benzene rings is 8. The van der Waals surface area contributed by atoms with Crippen LogP contribution in [-0.2, 0) is 11.8 Å². The van der Waals surface area contributed by atoms with Gasteiger partial charge in [-0.2, -0.15) is 0 Å². The van der Waals surface area contributed by atoms with Gasteiger partial charge in [0.2, 0.25) is 0 Å². The Morgan fingerprint density at radius 2 is 1.17 bits per heavy atom. The van der Waals surface area contributed by atoms with Crippen molar-refractivity contribution in [2.45, 2.75) is 32.1 Å². The molecular formula is C57H41NOS. The fraction of sp³-hybridized carbons (Fsp3) is 0.0877. The molecule has 8 aromatic carbocycles. The second kappa shape index (κ2) is 13.6. The standard InChI is InChI=1S/C57H41NOS/c1-57(2)50-20-9-6-15-44(50)45-32-31-41(35-51(45)57)58(40-29-25-37(26-30-40)43-18-12-19-48-46-16-7-10-21-52(46)59-55(43)48)39-27-23-36(24-28-39)42-33-34-49-47-17-8-11-22-53(47)60-56(49)54(42)38-13-4-3-5-14-38/h3-10,12-21,23-35H,11,22H2,1-2H3. The van der Waals surface area contributed by atoms with Gasteiger partial charge in [-0.05, 0) is 105 Å². The molecule has 2 aliphatic rings. The van der Waals surface area contributed by atoms with Crippen LogP contribution in [0.5, 0.6) is 0 Å². The summed E-state index contributed by atoms with van der Waals surface area (Å²) in [5.41, 5.74) is 19.1. The number of anilines is 3. The molecule has 0 saturated carbocycles. The van der Waals surface area contributed by atoms with Crippen LogP contribution in [0, 0.1) is 0 Å². The number of allylic oxidation sites excluding steroid dienone is 1. The van der Waals surface area contributed by atoms with Crippen molar-refractivity contribution in [2.75, 3.05) is 4.90 Å². The Bertz CT molecular complexity index is 3330. The minimum atomic E-state index is -0.115. The van der Waals surface area contributed by atoms with E-state index < -0.39 is 0 Å². The fourth-order valence-corrected chi connectivity index (χ4v) is 11.4. The molecule has 0 fully saturated rings. The molecule has 0 unspecified atom stereocenters. The first-order valence-electron chi connectivity index (χ1n) is 21.0. The SMILES string of the molecule is CC1(C)c2ccccc2-c2ccc(N(c3ccc(-c4ccc5c6c(sc5c4-c4ccccc4)CCC=C6)cc3)c3ccc(-c4cccc5c4oc4ccccc45)cc3)cc21. The Balaban J connectivity index is 0.990. The zero-order valence-corrected chi connectivity index (χ0v) is 34.4. The van der Waals surface area contributed by atoms with Gasteiger partial charge in [0, 0.05) is 59.3 Å². The predicted octanol–water partition coefficient (Wildman–Crippen LogP) is 16.5. The van der Waals surface area contributed by atoms with Crippen molar-refractivity contribution in [1.29, 1.82) is 0 Å².